The Bertz CT molecular complexity index is 1590. The maximum absolute atomic E-state index is 13.7. The molecule has 1 aliphatic heterocycles. The molecular formula is C30H28N2O3S. The van der Waals surface area contributed by atoms with Gasteiger partial charge < -0.3 is 14.6 Å². The van der Waals surface area contributed by atoms with Crippen molar-refractivity contribution in [2.75, 3.05) is 7.11 Å². The number of rotatable bonds is 4. The van der Waals surface area contributed by atoms with Crippen LogP contribution in [0.25, 0.3) is 21.8 Å². The van der Waals surface area contributed by atoms with Crippen LogP contribution in [0.3, 0.4) is 0 Å². The largest absolute Gasteiger partial charge is 0.466 e. The van der Waals surface area contributed by atoms with E-state index in [1.54, 1.807) is 11.3 Å². The van der Waals surface area contributed by atoms with E-state index in [0.717, 1.165) is 40.8 Å². The van der Waals surface area contributed by atoms with E-state index in [1.807, 2.05) is 13.0 Å². The van der Waals surface area contributed by atoms with Gasteiger partial charge in [0.1, 0.15) is 0 Å². The number of dihydropyridines is 1. The number of ketones is 1. The summed E-state index contributed by atoms with van der Waals surface area (Å²) in [5.74, 6) is -0.613. The lowest BCUT2D eigenvalue weighted by atomic mass is 9.72. The number of thiophene rings is 1. The van der Waals surface area contributed by atoms with Gasteiger partial charge in [0.15, 0.2) is 5.78 Å². The average Bonchev–Trinajstić information content (AvgIpc) is 3.53. The zero-order valence-corrected chi connectivity index (χ0v) is 21.4. The van der Waals surface area contributed by atoms with Gasteiger partial charge in [-0.3, -0.25) is 4.79 Å². The molecule has 0 amide bonds. The minimum atomic E-state index is -0.460. The standard InChI is InChI=1S/C30H28N2O3S/c1-4-32-23-9-6-5-8-20(23)21-14-18(11-12-24(21)32)28-27(30(34)35-3)17(2)31-22-15-19(16-25(33)29(22)28)26-10-7-13-36-26/h5-14,19,28,31H,4,15-16H2,1-3H3/t19-,28+/m0/s1. The fourth-order valence-corrected chi connectivity index (χ4v) is 6.90. The number of benzene rings is 2. The van der Waals surface area contributed by atoms with E-state index < -0.39 is 11.9 Å². The molecule has 3 heterocycles. The van der Waals surface area contributed by atoms with Crippen LogP contribution in [0.1, 0.15) is 49.0 Å². The molecule has 0 saturated carbocycles. The molecule has 4 aromatic rings. The summed E-state index contributed by atoms with van der Waals surface area (Å²) in [6.07, 6.45) is 1.20. The highest BCUT2D eigenvalue weighted by Gasteiger charge is 2.41. The third-order valence-corrected chi connectivity index (χ3v) is 8.66. The summed E-state index contributed by atoms with van der Waals surface area (Å²) in [5.41, 5.74) is 6.17. The Labute approximate surface area is 214 Å². The zero-order chi connectivity index (χ0) is 25.0. The molecule has 0 unspecified atom stereocenters. The first-order valence-corrected chi connectivity index (χ1v) is 13.3. The summed E-state index contributed by atoms with van der Waals surface area (Å²) in [4.78, 5) is 28.0. The maximum atomic E-state index is 13.7. The molecule has 0 fully saturated rings. The van der Waals surface area contributed by atoms with E-state index >= 15 is 0 Å². The summed E-state index contributed by atoms with van der Waals surface area (Å²) < 4.78 is 7.52. The van der Waals surface area contributed by atoms with Gasteiger partial charge in [0.2, 0.25) is 0 Å². The zero-order valence-electron chi connectivity index (χ0n) is 20.6. The highest BCUT2D eigenvalue weighted by molar-refractivity contribution is 7.10. The predicted molar refractivity (Wildman–Crippen MR) is 144 cm³/mol. The molecule has 0 radical (unpaired) electrons. The quantitative estimate of drug-likeness (QED) is 0.332. The van der Waals surface area contributed by atoms with Crippen LogP contribution in [0.4, 0.5) is 0 Å². The summed E-state index contributed by atoms with van der Waals surface area (Å²) in [5, 5.41) is 7.79. The molecular weight excluding hydrogens is 468 g/mol. The third-order valence-electron chi connectivity index (χ3n) is 7.62. The van der Waals surface area contributed by atoms with Gasteiger partial charge in [-0.1, -0.05) is 30.3 Å². The van der Waals surface area contributed by atoms with Crippen LogP contribution in [0, 0.1) is 0 Å². The Morgan fingerprint density at radius 3 is 2.64 bits per heavy atom. The summed E-state index contributed by atoms with van der Waals surface area (Å²) in [6.45, 7) is 4.92. The van der Waals surface area contributed by atoms with Crippen molar-refractivity contribution in [3.8, 4) is 0 Å². The third kappa shape index (κ3) is 3.43. The molecule has 6 heteroatoms. The van der Waals surface area contributed by atoms with Gasteiger partial charge >= 0.3 is 5.97 Å². The number of nitrogens with zero attached hydrogens (tertiary/aromatic N) is 1. The SMILES string of the molecule is CCn1c2ccccc2c2cc([C@@H]3C(C(=O)OC)=C(C)NC4=C3C(=O)C[C@@H](c3cccs3)C4)ccc21. The molecule has 0 bridgehead atoms. The minimum absolute atomic E-state index is 0.0946. The number of allylic oxidation sites excluding steroid dienone is 3. The molecule has 2 aliphatic rings. The number of nitrogens with one attached hydrogen (secondary N) is 1. The van der Waals surface area contributed by atoms with Crippen molar-refractivity contribution in [2.45, 2.75) is 45.1 Å². The van der Waals surface area contributed by atoms with E-state index in [1.165, 1.54) is 22.9 Å². The monoisotopic (exact) mass is 496 g/mol. The highest BCUT2D eigenvalue weighted by atomic mass is 32.1. The molecule has 2 aromatic carbocycles. The van der Waals surface area contributed by atoms with Gasteiger partial charge in [0, 0.05) is 68.5 Å². The van der Waals surface area contributed by atoms with Crippen molar-refractivity contribution in [3.63, 3.8) is 0 Å². The van der Waals surface area contributed by atoms with E-state index in [4.69, 9.17) is 4.74 Å². The van der Waals surface area contributed by atoms with Gasteiger partial charge in [-0.05, 0) is 55.5 Å². The first-order chi connectivity index (χ1) is 17.5. The van der Waals surface area contributed by atoms with Gasteiger partial charge in [0.05, 0.1) is 12.7 Å². The summed E-state index contributed by atoms with van der Waals surface area (Å²) >= 11 is 1.69. The number of aromatic nitrogens is 1. The molecule has 5 nitrogen and oxygen atoms in total. The van der Waals surface area contributed by atoms with Crippen molar-refractivity contribution in [1.29, 1.82) is 0 Å². The molecule has 1 aliphatic carbocycles. The number of fused-ring (bicyclic) bond motifs is 3. The van der Waals surface area contributed by atoms with Crippen LogP contribution in [0.5, 0.6) is 0 Å². The normalized spacial score (nSPS) is 20.1. The first kappa shape index (κ1) is 22.8. The second-order valence-electron chi connectivity index (χ2n) is 9.56. The topological polar surface area (TPSA) is 60.3 Å². The molecule has 0 spiro atoms. The number of esters is 1. The predicted octanol–water partition coefficient (Wildman–Crippen LogP) is 6.41. The number of para-hydroxylation sites is 1. The number of hydrogen-bond acceptors (Lipinski definition) is 5. The van der Waals surface area contributed by atoms with Crippen LogP contribution in [-0.2, 0) is 20.9 Å². The molecule has 0 saturated heterocycles. The van der Waals surface area contributed by atoms with E-state index in [0.29, 0.717) is 17.6 Å². The van der Waals surface area contributed by atoms with Crippen LogP contribution < -0.4 is 5.32 Å². The fraction of sp³-hybridized carbons (Fsp3) is 0.267. The Hall–Kier alpha value is -3.64. The van der Waals surface area contributed by atoms with E-state index in [9.17, 15) is 9.59 Å². The smallest absolute Gasteiger partial charge is 0.336 e. The van der Waals surface area contributed by atoms with Gasteiger partial charge in [-0.15, -0.1) is 11.3 Å². The Balaban J connectivity index is 1.55. The van der Waals surface area contributed by atoms with Gasteiger partial charge in [0.25, 0.3) is 0 Å². The lowest BCUT2D eigenvalue weighted by molar-refractivity contribution is -0.136. The second-order valence-corrected chi connectivity index (χ2v) is 10.5. The van der Waals surface area contributed by atoms with Crippen molar-refractivity contribution in [1.82, 2.24) is 9.88 Å². The Kier molecular flexibility index (Phi) is 5.56. The maximum Gasteiger partial charge on any atom is 0.336 e. The van der Waals surface area contributed by atoms with Gasteiger partial charge in [-0.25, -0.2) is 4.79 Å². The van der Waals surface area contributed by atoms with Crippen molar-refractivity contribution in [3.05, 3.63) is 93.0 Å². The van der Waals surface area contributed by atoms with E-state index in [2.05, 4.69) is 70.7 Å². The van der Waals surface area contributed by atoms with Crippen LogP contribution in [-0.4, -0.2) is 23.4 Å². The lowest BCUT2D eigenvalue weighted by Gasteiger charge is -2.36. The molecule has 6 rings (SSSR count). The number of hydrogen-bond donors (Lipinski definition) is 1. The average molecular weight is 497 g/mol. The Morgan fingerprint density at radius 2 is 1.89 bits per heavy atom. The number of methoxy groups -OCH3 is 1. The van der Waals surface area contributed by atoms with Crippen molar-refractivity contribution in [2.24, 2.45) is 0 Å². The molecule has 2 aromatic heterocycles. The van der Waals surface area contributed by atoms with Crippen LogP contribution >= 0.6 is 11.3 Å². The Morgan fingerprint density at radius 1 is 1.08 bits per heavy atom. The van der Waals surface area contributed by atoms with Crippen molar-refractivity contribution >= 4 is 44.9 Å². The lowest BCUT2D eigenvalue weighted by Crippen LogP contribution is -2.35. The minimum Gasteiger partial charge on any atom is -0.466 e. The second kappa shape index (κ2) is 8.79. The van der Waals surface area contributed by atoms with E-state index in [-0.39, 0.29) is 11.7 Å². The summed E-state index contributed by atoms with van der Waals surface area (Å²) in [6, 6.07) is 18.9. The van der Waals surface area contributed by atoms with Crippen LogP contribution in [0.2, 0.25) is 0 Å². The molecule has 1 N–H and O–H groups in total. The number of ether oxygens (including phenoxy) is 1. The van der Waals surface area contributed by atoms with Gasteiger partial charge in [-0.2, -0.15) is 0 Å². The molecule has 36 heavy (non-hydrogen) atoms. The highest BCUT2D eigenvalue weighted by Crippen LogP contribution is 2.47. The number of Topliss-reactive ketones (excluding diaryl/α,β-unsaturated/α-hetero) is 1. The number of aryl methyl sites for hydroxylation is 1. The fourth-order valence-electron chi connectivity index (χ4n) is 6.07. The first-order valence-electron chi connectivity index (χ1n) is 12.4. The number of carbonyl (C=O) groups is 2. The van der Waals surface area contributed by atoms with Crippen molar-refractivity contribution < 1.29 is 14.3 Å². The van der Waals surface area contributed by atoms with Crippen LogP contribution in [0.15, 0.2) is 82.5 Å². The summed E-state index contributed by atoms with van der Waals surface area (Å²) in [7, 11) is 1.40. The number of carbonyl (C=O) groups excluding carboxylic acids is 2. The molecule has 2 atom stereocenters. The molecule has 182 valence electrons.